The van der Waals surface area contributed by atoms with Crippen molar-refractivity contribution in [1.29, 1.82) is 0 Å². The number of piperazine rings is 1. The maximum Gasteiger partial charge on any atom is 0.0780 e. The molecule has 0 unspecified atom stereocenters. The van der Waals surface area contributed by atoms with Crippen LogP contribution in [0, 0.1) is 0 Å². The van der Waals surface area contributed by atoms with E-state index >= 15 is 0 Å². The Labute approximate surface area is 204 Å². The first-order valence-electron chi connectivity index (χ1n) is 12.4. The first-order valence-corrected chi connectivity index (χ1v) is 12.4. The predicted octanol–water partition coefficient (Wildman–Crippen LogP) is 6.52. The molecule has 0 bridgehead atoms. The number of para-hydroxylation sites is 1. The van der Waals surface area contributed by atoms with E-state index < -0.39 is 0 Å². The zero-order valence-electron chi connectivity index (χ0n) is 20.7. The van der Waals surface area contributed by atoms with E-state index in [0.717, 1.165) is 44.8 Å². The van der Waals surface area contributed by atoms with Gasteiger partial charge in [-0.1, -0.05) is 93.6 Å². The van der Waals surface area contributed by atoms with Crippen molar-refractivity contribution in [1.82, 2.24) is 14.8 Å². The Kier molecular flexibility index (Phi) is 6.49. The summed E-state index contributed by atoms with van der Waals surface area (Å²) in [5, 5.41) is 1.19. The van der Waals surface area contributed by atoms with Gasteiger partial charge >= 0.3 is 0 Å². The molecule has 5 rings (SSSR count). The number of nitrogens with zero attached hydrogens (tertiary/aromatic N) is 3. The van der Waals surface area contributed by atoms with Gasteiger partial charge in [0.2, 0.25) is 0 Å². The van der Waals surface area contributed by atoms with Gasteiger partial charge in [-0.2, -0.15) is 0 Å². The molecule has 0 spiro atoms. The molecule has 1 aliphatic rings. The highest BCUT2D eigenvalue weighted by atomic mass is 15.3. The fourth-order valence-corrected chi connectivity index (χ4v) is 4.86. The average Bonchev–Trinajstić information content (AvgIpc) is 2.85. The zero-order valence-corrected chi connectivity index (χ0v) is 20.7. The molecule has 0 saturated carbocycles. The molecular formula is C31H35N3. The van der Waals surface area contributed by atoms with Crippen LogP contribution in [-0.4, -0.2) is 41.0 Å². The smallest absolute Gasteiger partial charge is 0.0780 e. The lowest BCUT2D eigenvalue weighted by Crippen LogP contribution is -2.45. The average molecular weight is 450 g/mol. The minimum Gasteiger partial charge on any atom is -0.297 e. The highest BCUT2D eigenvalue weighted by Gasteiger charge is 2.18. The topological polar surface area (TPSA) is 19.4 Å². The summed E-state index contributed by atoms with van der Waals surface area (Å²) in [5.74, 6) is 0. The summed E-state index contributed by atoms with van der Waals surface area (Å²) >= 11 is 0. The third kappa shape index (κ3) is 5.22. The van der Waals surface area contributed by atoms with Gasteiger partial charge in [-0.3, -0.25) is 14.8 Å². The van der Waals surface area contributed by atoms with Gasteiger partial charge in [-0.25, -0.2) is 0 Å². The van der Waals surface area contributed by atoms with Gasteiger partial charge in [-0.15, -0.1) is 0 Å². The SMILES string of the molecule is CC(C)(C)c1ccc(CN2CCN(Cc3ccc(-c4cccc5cccnc45)cc3)CC2)cc1. The van der Waals surface area contributed by atoms with Gasteiger partial charge in [0.15, 0.2) is 0 Å². The van der Waals surface area contributed by atoms with E-state index in [-0.39, 0.29) is 5.41 Å². The molecule has 3 aromatic carbocycles. The van der Waals surface area contributed by atoms with Crippen LogP contribution in [0.25, 0.3) is 22.0 Å². The second-order valence-corrected chi connectivity index (χ2v) is 10.6. The van der Waals surface area contributed by atoms with Crippen LogP contribution in [-0.2, 0) is 18.5 Å². The Morgan fingerprint density at radius 1 is 0.676 bits per heavy atom. The lowest BCUT2D eigenvalue weighted by molar-refractivity contribution is 0.122. The second-order valence-electron chi connectivity index (χ2n) is 10.6. The van der Waals surface area contributed by atoms with Gasteiger partial charge < -0.3 is 0 Å². The number of pyridine rings is 1. The maximum absolute atomic E-state index is 4.61. The minimum absolute atomic E-state index is 0.216. The fourth-order valence-electron chi connectivity index (χ4n) is 4.86. The van der Waals surface area contributed by atoms with E-state index in [1.54, 1.807) is 0 Å². The van der Waals surface area contributed by atoms with Gasteiger partial charge in [-0.05, 0) is 33.7 Å². The van der Waals surface area contributed by atoms with E-state index in [1.807, 2.05) is 12.3 Å². The van der Waals surface area contributed by atoms with Crippen molar-refractivity contribution in [2.24, 2.45) is 0 Å². The van der Waals surface area contributed by atoms with Crippen LogP contribution in [0.4, 0.5) is 0 Å². The predicted molar refractivity (Wildman–Crippen MR) is 143 cm³/mol. The van der Waals surface area contributed by atoms with Crippen LogP contribution >= 0.6 is 0 Å². The van der Waals surface area contributed by atoms with Crippen LogP contribution < -0.4 is 0 Å². The molecule has 4 aromatic rings. The molecule has 3 nitrogen and oxygen atoms in total. The van der Waals surface area contributed by atoms with Crippen LogP contribution in [0.2, 0.25) is 0 Å². The van der Waals surface area contributed by atoms with Crippen molar-refractivity contribution in [2.75, 3.05) is 26.2 Å². The molecule has 174 valence electrons. The molecule has 3 heteroatoms. The van der Waals surface area contributed by atoms with Crippen LogP contribution in [0.5, 0.6) is 0 Å². The van der Waals surface area contributed by atoms with E-state index in [1.165, 1.54) is 33.2 Å². The van der Waals surface area contributed by atoms with Gasteiger partial charge in [0.1, 0.15) is 0 Å². The lowest BCUT2D eigenvalue weighted by Gasteiger charge is -2.34. The number of hydrogen-bond acceptors (Lipinski definition) is 3. The first-order chi connectivity index (χ1) is 16.5. The molecule has 1 saturated heterocycles. The standard InChI is InChI=1S/C31H35N3/c1-31(2,3)28-15-11-25(12-16-28)23-34-20-18-33(19-21-34)22-24-9-13-26(14-10-24)29-8-4-6-27-7-5-17-32-30(27)29/h4-17H,18-23H2,1-3H3. The third-order valence-corrected chi connectivity index (χ3v) is 6.99. The van der Waals surface area contributed by atoms with Crippen molar-refractivity contribution in [3.8, 4) is 11.1 Å². The van der Waals surface area contributed by atoms with Crippen molar-refractivity contribution in [3.63, 3.8) is 0 Å². The number of fused-ring (bicyclic) bond motifs is 1. The van der Waals surface area contributed by atoms with Gasteiger partial charge in [0.05, 0.1) is 5.52 Å². The molecular weight excluding hydrogens is 414 g/mol. The lowest BCUT2D eigenvalue weighted by atomic mass is 9.87. The number of hydrogen-bond donors (Lipinski definition) is 0. The summed E-state index contributed by atoms with van der Waals surface area (Å²) in [5.41, 5.74) is 7.92. The highest BCUT2D eigenvalue weighted by Crippen LogP contribution is 2.27. The Morgan fingerprint density at radius 2 is 1.24 bits per heavy atom. The molecule has 0 atom stereocenters. The van der Waals surface area contributed by atoms with Crippen molar-refractivity contribution in [2.45, 2.75) is 39.3 Å². The molecule has 1 aromatic heterocycles. The monoisotopic (exact) mass is 449 g/mol. The molecule has 0 radical (unpaired) electrons. The van der Waals surface area contributed by atoms with Crippen molar-refractivity contribution in [3.05, 3.63) is 102 Å². The zero-order chi connectivity index (χ0) is 23.5. The second kappa shape index (κ2) is 9.69. The molecule has 1 aliphatic heterocycles. The summed E-state index contributed by atoms with van der Waals surface area (Å²) in [4.78, 5) is 9.77. The Bertz CT molecular complexity index is 1220. The summed E-state index contributed by atoms with van der Waals surface area (Å²) in [6.45, 7) is 13.4. The molecule has 1 fully saturated rings. The summed E-state index contributed by atoms with van der Waals surface area (Å²) in [6, 6.07) is 28.8. The Balaban J connectivity index is 1.16. The van der Waals surface area contributed by atoms with E-state index in [9.17, 15) is 0 Å². The van der Waals surface area contributed by atoms with Crippen molar-refractivity contribution >= 4 is 10.9 Å². The minimum atomic E-state index is 0.216. The van der Waals surface area contributed by atoms with E-state index in [0.29, 0.717) is 0 Å². The molecule has 0 amide bonds. The number of aromatic nitrogens is 1. The quantitative estimate of drug-likeness (QED) is 0.346. The summed E-state index contributed by atoms with van der Waals surface area (Å²) in [6.07, 6.45) is 1.88. The summed E-state index contributed by atoms with van der Waals surface area (Å²) < 4.78 is 0. The molecule has 2 heterocycles. The number of rotatable bonds is 5. The molecule has 0 aliphatic carbocycles. The van der Waals surface area contributed by atoms with E-state index in [2.05, 4.69) is 108 Å². The van der Waals surface area contributed by atoms with Crippen LogP contribution in [0.1, 0.15) is 37.5 Å². The highest BCUT2D eigenvalue weighted by molar-refractivity contribution is 5.93. The van der Waals surface area contributed by atoms with E-state index in [4.69, 9.17) is 0 Å². The Hall–Kier alpha value is -3.01. The maximum atomic E-state index is 4.61. The number of benzene rings is 3. The van der Waals surface area contributed by atoms with Gasteiger partial charge in [0, 0.05) is 56.4 Å². The van der Waals surface area contributed by atoms with Crippen molar-refractivity contribution < 1.29 is 0 Å². The Morgan fingerprint density at radius 3 is 1.82 bits per heavy atom. The first kappa shape index (κ1) is 22.8. The van der Waals surface area contributed by atoms with Gasteiger partial charge in [0.25, 0.3) is 0 Å². The normalized spacial score (nSPS) is 15.6. The molecule has 0 N–H and O–H groups in total. The third-order valence-electron chi connectivity index (χ3n) is 6.99. The van der Waals surface area contributed by atoms with Crippen LogP contribution in [0.3, 0.4) is 0 Å². The summed E-state index contributed by atoms with van der Waals surface area (Å²) in [7, 11) is 0. The molecule has 34 heavy (non-hydrogen) atoms. The largest absolute Gasteiger partial charge is 0.297 e. The fraction of sp³-hybridized carbons (Fsp3) is 0.323. The van der Waals surface area contributed by atoms with Crippen LogP contribution in [0.15, 0.2) is 85.1 Å².